The van der Waals surface area contributed by atoms with Gasteiger partial charge in [-0.15, -0.1) is 0 Å². The van der Waals surface area contributed by atoms with Gasteiger partial charge in [0.1, 0.15) is 11.4 Å². The highest BCUT2D eigenvalue weighted by atomic mass is 35.5. The number of aromatic nitrogens is 4. The normalized spacial score (nSPS) is 17.5. The predicted octanol–water partition coefficient (Wildman–Crippen LogP) is 4.92. The number of amides is 2. The Hall–Kier alpha value is -4.18. The summed E-state index contributed by atoms with van der Waals surface area (Å²) in [5, 5.41) is 26.3. The molecule has 5 rings (SSSR count). The molecule has 0 spiro atoms. The van der Waals surface area contributed by atoms with Gasteiger partial charge in [0.05, 0.1) is 16.7 Å². The first kappa shape index (κ1) is 23.6. The van der Waals surface area contributed by atoms with Crippen LogP contribution < -0.4 is 16.0 Å². The summed E-state index contributed by atoms with van der Waals surface area (Å²) in [5.74, 6) is 0.262. The van der Waals surface area contributed by atoms with Crippen molar-refractivity contribution in [3.63, 3.8) is 0 Å². The molecule has 4 aromatic rings. The second kappa shape index (κ2) is 10.2. The number of fused-ring (bicyclic) bond motifs is 1. The largest absolute Gasteiger partial charge is 0.465 e. The van der Waals surface area contributed by atoms with Crippen molar-refractivity contribution in [1.82, 2.24) is 25.5 Å². The zero-order chi connectivity index (χ0) is 25.1. The van der Waals surface area contributed by atoms with E-state index in [9.17, 15) is 9.59 Å². The average molecular weight is 506 g/mol. The van der Waals surface area contributed by atoms with Crippen molar-refractivity contribution >= 4 is 46.1 Å². The Kier molecular flexibility index (Phi) is 6.68. The number of benzene rings is 2. The standard InChI is InChI=1S/C25H24ClN7O3/c26-19-13-27-24(31-22(19)21-18-6-1-2-7-20(18)32-33-21)29-17-5-3-4-16(12-17)28-23(34)14-8-10-15(11-9-14)30-25(35)36/h1-2,6-11,13,16-17,30H,3-5,12H2,(H,28,34)(H,32,33)(H,35,36)(H,27,29,31)/t16-,17+/m0/s1. The van der Waals surface area contributed by atoms with Crippen LogP contribution in [0.2, 0.25) is 5.02 Å². The van der Waals surface area contributed by atoms with Gasteiger partial charge in [0.2, 0.25) is 5.95 Å². The number of carbonyl (C=O) groups excluding carboxylic acids is 1. The average Bonchev–Trinajstić information content (AvgIpc) is 3.29. The Balaban J connectivity index is 1.24. The van der Waals surface area contributed by atoms with Gasteiger partial charge in [-0.1, -0.05) is 29.8 Å². The van der Waals surface area contributed by atoms with E-state index in [0.717, 1.165) is 36.6 Å². The lowest BCUT2D eigenvalue weighted by Gasteiger charge is -2.30. The van der Waals surface area contributed by atoms with Crippen LogP contribution in [0.25, 0.3) is 22.3 Å². The van der Waals surface area contributed by atoms with Gasteiger partial charge in [-0.2, -0.15) is 5.10 Å². The molecule has 0 aliphatic heterocycles. The number of hydrogen-bond acceptors (Lipinski definition) is 6. The molecular weight excluding hydrogens is 482 g/mol. The van der Waals surface area contributed by atoms with Gasteiger partial charge in [-0.05, 0) is 56.0 Å². The van der Waals surface area contributed by atoms with Gasteiger partial charge in [0, 0.05) is 28.7 Å². The van der Waals surface area contributed by atoms with E-state index in [0.29, 0.717) is 33.6 Å². The third-order valence-electron chi connectivity index (χ3n) is 6.18. The van der Waals surface area contributed by atoms with Gasteiger partial charge in [0.15, 0.2) is 0 Å². The van der Waals surface area contributed by atoms with Gasteiger partial charge in [-0.25, -0.2) is 14.8 Å². The number of rotatable bonds is 6. The Morgan fingerprint density at radius 3 is 2.61 bits per heavy atom. The molecule has 2 aromatic heterocycles. The van der Waals surface area contributed by atoms with E-state index in [-0.39, 0.29) is 18.0 Å². The van der Waals surface area contributed by atoms with Gasteiger partial charge >= 0.3 is 6.09 Å². The van der Waals surface area contributed by atoms with Crippen LogP contribution in [0.4, 0.5) is 16.4 Å². The molecule has 1 aliphatic rings. The highest BCUT2D eigenvalue weighted by Gasteiger charge is 2.25. The topological polar surface area (TPSA) is 145 Å². The minimum atomic E-state index is -1.15. The number of aromatic amines is 1. The first-order valence-corrected chi connectivity index (χ1v) is 12.0. The predicted molar refractivity (Wildman–Crippen MR) is 137 cm³/mol. The lowest BCUT2D eigenvalue weighted by atomic mass is 9.91. The number of para-hydroxylation sites is 1. The zero-order valence-corrected chi connectivity index (χ0v) is 19.9. The highest BCUT2D eigenvalue weighted by molar-refractivity contribution is 6.33. The summed E-state index contributed by atoms with van der Waals surface area (Å²) in [7, 11) is 0. The smallest absolute Gasteiger partial charge is 0.409 e. The van der Waals surface area contributed by atoms with E-state index in [1.165, 1.54) is 0 Å². The molecule has 0 radical (unpaired) electrons. The summed E-state index contributed by atoms with van der Waals surface area (Å²) in [6, 6.07) is 14.2. The molecule has 1 fully saturated rings. The van der Waals surface area contributed by atoms with Crippen LogP contribution in [0.15, 0.2) is 54.7 Å². The zero-order valence-electron chi connectivity index (χ0n) is 19.2. The third kappa shape index (κ3) is 5.23. The number of hydrogen-bond donors (Lipinski definition) is 5. The second-order valence-corrected chi connectivity index (χ2v) is 9.10. The van der Waals surface area contributed by atoms with Crippen LogP contribution in [-0.2, 0) is 0 Å². The quantitative estimate of drug-likeness (QED) is 0.250. The maximum atomic E-state index is 12.7. The van der Waals surface area contributed by atoms with Crippen molar-refractivity contribution in [3.8, 4) is 11.4 Å². The van der Waals surface area contributed by atoms with Gasteiger partial charge in [-0.3, -0.25) is 15.2 Å². The molecule has 0 unspecified atom stereocenters. The molecule has 0 saturated heterocycles. The van der Waals surface area contributed by atoms with Gasteiger partial charge in [0.25, 0.3) is 5.91 Å². The van der Waals surface area contributed by atoms with E-state index in [1.54, 1.807) is 30.5 Å². The number of nitrogens with one attached hydrogen (secondary N) is 4. The third-order valence-corrected chi connectivity index (χ3v) is 6.46. The number of H-pyrrole nitrogens is 1. The van der Waals surface area contributed by atoms with Crippen LogP contribution in [-0.4, -0.2) is 49.4 Å². The minimum Gasteiger partial charge on any atom is -0.465 e. The molecule has 1 saturated carbocycles. The summed E-state index contributed by atoms with van der Waals surface area (Å²) < 4.78 is 0. The molecule has 1 aliphatic carbocycles. The molecule has 2 atom stereocenters. The minimum absolute atomic E-state index is 0.0115. The Morgan fingerprint density at radius 1 is 1.03 bits per heavy atom. The van der Waals surface area contributed by atoms with Crippen molar-refractivity contribution in [2.24, 2.45) is 0 Å². The maximum absolute atomic E-state index is 12.7. The summed E-state index contributed by atoms with van der Waals surface area (Å²) in [4.78, 5) is 32.5. The van der Waals surface area contributed by atoms with Crippen LogP contribution in [0.1, 0.15) is 36.0 Å². The Labute approximate surface area is 211 Å². The molecule has 36 heavy (non-hydrogen) atoms. The molecule has 2 amide bonds. The van der Waals surface area contributed by atoms with Gasteiger partial charge < -0.3 is 15.7 Å². The molecule has 2 aromatic carbocycles. The maximum Gasteiger partial charge on any atom is 0.409 e. The Morgan fingerprint density at radius 2 is 1.81 bits per heavy atom. The number of halogens is 1. The number of carbonyl (C=O) groups is 2. The monoisotopic (exact) mass is 505 g/mol. The number of anilines is 2. The molecular formula is C25H24ClN7O3. The molecule has 10 nitrogen and oxygen atoms in total. The fraction of sp³-hybridized carbons (Fsp3) is 0.240. The summed E-state index contributed by atoms with van der Waals surface area (Å²) >= 11 is 6.42. The summed E-state index contributed by atoms with van der Waals surface area (Å²) in [6.07, 6.45) is 3.87. The van der Waals surface area contributed by atoms with Crippen LogP contribution in [0.5, 0.6) is 0 Å². The Bertz CT molecular complexity index is 1410. The SMILES string of the molecule is O=C(O)Nc1ccc(C(=O)N[C@H]2CCC[C@@H](Nc3ncc(Cl)c(-c4n[nH]c5ccccc45)n3)C2)cc1. The van der Waals surface area contributed by atoms with E-state index in [4.69, 9.17) is 16.7 Å². The van der Waals surface area contributed by atoms with E-state index in [1.807, 2.05) is 24.3 Å². The summed E-state index contributed by atoms with van der Waals surface area (Å²) in [6.45, 7) is 0. The van der Waals surface area contributed by atoms with Crippen molar-refractivity contribution in [3.05, 3.63) is 65.3 Å². The first-order valence-electron chi connectivity index (χ1n) is 11.6. The molecule has 5 N–H and O–H groups in total. The van der Waals surface area contributed by atoms with Crippen LogP contribution in [0, 0.1) is 0 Å². The lowest BCUT2D eigenvalue weighted by molar-refractivity contribution is 0.0926. The van der Waals surface area contributed by atoms with E-state index in [2.05, 4.69) is 36.1 Å². The lowest BCUT2D eigenvalue weighted by Crippen LogP contribution is -2.42. The first-order chi connectivity index (χ1) is 17.5. The number of carboxylic acid groups (broad SMARTS) is 1. The molecule has 0 bridgehead atoms. The van der Waals surface area contributed by atoms with Crippen molar-refractivity contribution in [2.75, 3.05) is 10.6 Å². The molecule has 11 heteroatoms. The van der Waals surface area contributed by atoms with Crippen molar-refractivity contribution < 1.29 is 14.7 Å². The molecule has 184 valence electrons. The van der Waals surface area contributed by atoms with E-state index >= 15 is 0 Å². The van der Waals surface area contributed by atoms with Crippen LogP contribution >= 0.6 is 11.6 Å². The summed E-state index contributed by atoms with van der Waals surface area (Å²) in [5.41, 5.74) is 2.99. The van der Waals surface area contributed by atoms with Crippen LogP contribution in [0.3, 0.4) is 0 Å². The highest BCUT2D eigenvalue weighted by Crippen LogP contribution is 2.31. The fourth-order valence-electron chi connectivity index (χ4n) is 4.48. The van der Waals surface area contributed by atoms with Crippen molar-refractivity contribution in [1.29, 1.82) is 0 Å². The van der Waals surface area contributed by atoms with Crippen molar-refractivity contribution in [2.45, 2.75) is 37.8 Å². The number of nitrogens with zero attached hydrogens (tertiary/aromatic N) is 3. The second-order valence-electron chi connectivity index (χ2n) is 8.69. The fourth-order valence-corrected chi connectivity index (χ4v) is 4.66. The molecule has 2 heterocycles. The van der Waals surface area contributed by atoms with E-state index < -0.39 is 6.09 Å².